The first-order chi connectivity index (χ1) is 13.3. The van der Waals surface area contributed by atoms with Gasteiger partial charge in [-0.3, -0.25) is 9.89 Å². The highest BCUT2D eigenvalue weighted by Gasteiger charge is 2.28. The number of hydrogen-bond acceptors (Lipinski definition) is 3. The van der Waals surface area contributed by atoms with Crippen LogP contribution in [0, 0.1) is 0 Å². The van der Waals surface area contributed by atoms with Gasteiger partial charge in [0.2, 0.25) is 0 Å². The first-order valence-electron chi connectivity index (χ1n) is 9.28. The lowest BCUT2D eigenvalue weighted by Gasteiger charge is -2.33. The number of aromatic nitrogens is 2. The first-order valence-corrected chi connectivity index (χ1v) is 9.28. The Morgan fingerprint density at radius 3 is 2.85 bits per heavy atom. The molecule has 0 radical (unpaired) electrons. The van der Waals surface area contributed by atoms with E-state index in [0.29, 0.717) is 17.9 Å². The fourth-order valence-electron chi connectivity index (χ4n) is 3.79. The maximum absolute atomic E-state index is 13.0. The molecule has 1 aromatic heterocycles. The van der Waals surface area contributed by atoms with E-state index in [1.807, 2.05) is 47.5 Å². The van der Waals surface area contributed by atoms with Gasteiger partial charge >= 0.3 is 0 Å². The third-order valence-corrected chi connectivity index (χ3v) is 5.19. The maximum atomic E-state index is 13.0. The molecule has 1 atom stereocenters. The molecule has 0 unspecified atom stereocenters. The number of piperidine rings is 1. The highest BCUT2D eigenvalue weighted by atomic mass is 16.5. The summed E-state index contributed by atoms with van der Waals surface area (Å²) in [7, 11) is 1.61. The predicted octanol–water partition coefficient (Wildman–Crippen LogP) is 4.11. The summed E-state index contributed by atoms with van der Waals surface area (Å²) in [5, 5.41) is 7.46. The molecule has 1 fully saturated rings. The molecule has 27 heavy (non-hydrogen) atoms. The zero-order chi connectivity index (χ0) is 18.6. The van der Waals surface area contributed by atoms with Crippen LogP contribution in [0.5, 0.6) is 5.75 Å². The van der Waals surface area contributed by atoms with E-state index in [-0.39, 0.29) is 11.8 Å². The van der Waals surface area contributed by atoms with Gasteiger partial charge in [-0.1, -0.05) is 36.4 Å². The van der Waals surface area contributed by atoms with E-state index in [1.165, 1.54) is 0 Å². The van der Waals surface area contributed by atoms with Gasteiger partial charge in [0, 0.05) is 35.8 Å². The number of aromatic amines is 1. The number of likely N-dealkylation sites (tertiary alicyclic amines) is 1. The molecule has 4 rings (SSSR count). The van der Waals surface area contributed by atoms with Crippen molar-refractivity contribution < 1.29 is 9.53 Å². The van der Waals surface area contributed by atoms with E-state index < -0.39 is 0 Å². The fraction of sp³-hybridized carbons (Fsp3) is 0.273. The number of rotatable bonds is 4. The molecule has 0 saturated carbocycles. The van der Waals surface area contributed by atoms with Gasteiger partial charge in [0.1, 0.15) is 5.75 Å². The average molecular weight is 361 g/mol. The van der Waals surface area contributed by atoms with E-state index >= 15 is 0 Å². The van der Waals surface area contributed by atoms with Crippen molar-refractivity contribution in [2.45, 2.75) is 18.8 Å². The summed E-state index contributed by atoms with van der Waals surface area (Å²) < 4.78 is 5.25. The van der Waals surface area contributed by atoms with Gasteiger partial charge in [-0.05, 0) is 36.6 Å². The summed E-state index contributed by atoms with van der Waals surface area (Å²) in [4.78, 5) is 14.9. The minimum Gasteiger partial charge on any atom is -0.497 e. The summed E-state index contributed by atoms with van der Waals surface area (Å²) in [6.45, 7) is 1.47. The van der Waals surface area contributed by atoms with Crippen LogP contribution in [0.3, 0.4) is 0 Å². The standard InChI is InChI=1S/C22H23N3O2/c1-27-19-11-5-9-17(13-19)22(26)25-12-6-10-18(15-25)21-20(14-23-24-21)16-7-3-2-4-8-16/h2-5,7-9,11,13-14,18H,6,10,12,15H2,1H3,(H,23,24)/t18-/m1/s1. The van der Waals surface area contributed by atoms with Crippen molar-refractivity contribution in [2.24, 2.45) is 0 Å². The van der Waals surface area contributed by atoms with Crippen LogP contribution in [0.2, 0.25) is 0 Å². The number of hydrogen-bond donors (Lipinski definition) is 1. The molecule has 0 bridgehead atoms. The number of carbonyl (C=O) groups excluding carboxylic acids is 1. The highest BCUT2D eigenvalue weighted by molar-refractivity contribution is 5.94. The van der Waals surface area contributed by atoms with E-state index in [2.05, 4.69) is 22.3 Å². The molecule has 1 aliphatic heterocycles. The second kappa shape index (κ2) is 7.66. The number of nitrogens with zero attached hydrogens (tertiary/aromatic N) is 2. The molecule has 0 spiro atoms. The molecule has 138 valence electrons. The zero-order valence-corrected chi connectivity index (χ0v) is 15.4. The Morgan fingerprint density at radius 1 is 1.19 bits per heavy atom. The Balaban J connectivity index is 1.55. The van der Waals surface area contributed by atoms with E-state index in [1.54, 1.807) is 13.2 Å². The molecule has 1 aliphatic rings. The Labute approximate surface area is 159 Å². The second-order valence-electron chi connectivity index (χ2n) is 6.89. The largest absolute Gasteiger partial charge is 0.497 e. The van der Waals surface area contributed by atoms with Crippen molar-refractivity contribution in [1.82, 2.24) is 15.1 Å². The summed E-state index contributed by atoms with van der Waals surface area (Å²) in [5.41, 5.74) is 4.06. The van der Waals surface area contributed by atoms with Crippen molar-refractivity contribution >= 4 is 5.91 Å². The number of nitrogens with one attached hydrogen (secondary N) is 1. The number of ether oxygens (including phenoxy) is 1. The second-order valence-corrected chi connectivity index (χ2v) is 6.89. The number of H-pyrrole nitrogens is 1. The SMILES string of the molecule is COc1cccc(C(=O)N2CCC[C@@H](c3[nH]ncc3-c3ccccc3)C2)c1. The number of amides is 1. The Hall–Kier alpha value is -3.08. The van der Waals surface area contributed by atoms with Crippen molar-refractivity contribution in [2.75, 3.05) is 20.2 Å². The molecule has 3 aromatic rings. The third-order valence-electron chi connectivity index (χ3n) is 5.19. The number of methoxy groups -OCH3 is 1. The minimum atomic E-state index is 0.0550. The van der Waals surface area contributed by atoms with Gasteiger partial charge < -0.3 is 9.64 Å². The van der Waals surface area contributed by atoms with Crippen molar-refractivity contribution in [3.05, 3.63) is 72.1 Å². The van der Waals surface area contributed by atoms with Crippen LogP contribution in [-0.4, -0.2) is 41.2 Å². The van der Waals surface area contributed by atoms with Crippen LogP contribution < -0.4 is 4.74 Å². The Morgan fingerprint density at radius 2 is 2.04 bits per heavy atom. The molecule has 1 amide bonds. The van der Waals surface area contributed by atoms with Crippen LogP contribution in [-0.2, 0) is 0 Å². The fourth-order valence-corrected chi connectivity index (χ4v) is 3.79. The smallest absolute Gasteiger partial charge is 0.254 e. The lowest BCUT2D eigenvalue weighted by molar-refractivity contribution is 0.0705. The monoisotopic (exact) mass is 361 g/mol. The predicted molar refractivity (Wildman–Crippen MR) is 105 cm³/mol. The Bertz CT molecular complexity index is 920. The van der Waals surface area contributed by atoms with Crippen LogP contribution >= 0.6 is 0 Å². The van der Waals surface area contributed by atoms with Gasteiger partial charge in [0.25, 0.3) is 5.91 Å². The summed E-state index contributed by atoms with van der Waals surface area (Å²) in [6, 6.07) is 17.6. The maximum Gasteiger partial charge on any atom is 0.254 e. The molecule has 1 saturated heterocycles. The van der Waals surface area contributed by atoms with Crippen LogP contribution in [0.4, 0.5) is 0 Å². The molecule has 1 N–H and O–H groups in total. The highest BCUT2D eigenvalue weighted by Crippen LogP contribution is 2.33. The minimum absolute atomic E-state index is 0.0550. The van der Waals surface area contributed by atoms with Crippen LogP contribution in [0.1, 0.15) is 34.8 Å². The van der Waals surface area contributed by atoms with E-state index in [0.717, 1.165) is 36.2 Å². The molecule has 0 aliphatic carbocycles. The summed E-state index contributed by atoms with van der Waals surface area (Å²) in [5.74, 6) is 1.01. The van der Waals surface area contributed by atoms with Crippen molar-refractivity contribution in [3.8, 4) is 16.9 Å². The molecule has 2 aromatic carbocycles. The van der Waals surface area contributed by atoms with Crippen LogP contribution in [0.25, 0.3) is 11.1 Å². The van der Waals surface area contributed by atoms with E-state index in [4.69, 9.17) is 4.74 Å². The molecular formula is C22H23N3O2. The topological polar surface area (TPSA) is 58.2 Å². The zero-order valence-electron chi connectivity index (χ0n) is 15.4. The molecule has 5 nitrogen and oxygen atoms in total. The van der Waals surface area contributed by atoms with Crippen molar-refractivity contribution in [3.63, 3.8) is 0 Å². The normalized spacial score (nSPS) is 16.9. The van der Waals surface area contributed by atoms with Gasteiger partial charge in [-0.2, -0.15) is 5.10 Å². The molecule has 2 heterocycles. The number of carbonyl (C=O) groups is 1. The van der Waals surface area contributed by atoms with Gasteiger partial charge in [0.05, 0.1) is 13.3 Å². The summed E-state index contributed by atoms with van der Waals surface area (Å²) >= 11 is 0. The van der Waals surface area contributed by atoms with Gasteiger partial charge in [-0.15, -0.1) is 0 Å². The Kier molecular flexibility index (Phi) is 4.92. The van der Waals surface area contributed by atoms with Crippen LogP contribution in [0.15, 0.2) is 60.8 Å². The number of benzene rings is 2. The van der Waals surface area contributed by atoms with Gasteiger partial charge in [-0.25, -0.2) is 0 Å². The third kappa shape index (κ3) is 3.58. The lowest BCUT2D eigenvalue weighted by Crippen LogP contribution is -2.39. The molecular weight excluding hydrogens is 338 g/mol. The lowest BCUT2D eigenvalue weighted by atomic mass is 9.90. The average Bonchev–Trinajstić information content (AvgIpc) is 3.24. The molecule has 5 heteroatoms. The van der Waals surface area contributed by atoms with Crippen molar-refractivity contribution in [1.29, 1.82) is 0 Å². The first kappa shape index (κ1) is 17.3. The van der Waals surface area contributed by atoms with Gasteiger partial charge in [0.15, 0.2) is 0 Å². The van der Waals surface area contributed by atoms with E-state index in [9.17, 15) is 4.79 Å². The quantitative estimate of drug-likeness (QED) is 0.761. The summed E-state index contributed by atoms with van der Waals surface area (Å²) in [6.07, 6.45) is 3.91.